The molecule has 1 saturated heterocycles. The Hall–Kier alpha value is -2.20. The first-order valence-electron chi connectivity index (χ1n) is 9.41. The number of benzene rings is 2. The maximum Gasteiger partial charge on any atom is 0.240 e. The van der Waals surface area contributed by atoms with Gasteiger partial charge in [0.25, 0.3) is 0 Å². The molecule has 0 aromatic heterocycles. The smallest absolute Gasteiger partial charge is 0.240 e. The van der Waals surface area contributed by atoms with Gasteiger partial charge in [-0.2, -0.15) is 0 Å². The molecule has 0 radical (unpaired) electrons. The van der Waals surface area contributed by atoms with Crippen molar-refractivity contribution in [3.63, 3.8) is 0 Å². The van der Waals surface area contributed by atoms with E-state index in [9.17, 15) is 17.6 Å². The topological polar surface area (TPSA) is 87.7 Å². The van der Waals surface area contributed by atoms with Crippen molar-refractivity contribution < 1.29 is 22.3 Å². The first-order chi connectivity index (χ1) is 14.3. The molecule has 7 nitrogen and oxygen atoms in total. The number of hydrogen-bond acceptors (Lipinski definition) is 5. The lowest BCUT2D eigenvalue weighted by molar-refractivity contribution is -0.116. The molecule has 0 bridgehead atoms. The number of hydrogen-bond donors (Lipinski definition) is 2. The van der Waals surface area contributed by atoms with Crippen molar-refractivity contribution in [1.29, 1.82) is 0 Å². The van der Waals surface area contributed by atoms with Crippen LogP contribution in [0.4, 0.5) is 15.8 Å². The largest absolute Gasteiger partial charge is 0.380 e. The summed E-state index contributed by atoms with van der Waals surface area (Å²) in [6.07, 6.45) is 1.16. The number of sulfonamides is 1. The molecule has 1 fully saturated rings. The Balaban J connectivity index is 1.48. The van der Waals surface area contributed by atoms with E-state index in [0.29, 0.717) is 5.69 Å². The van der Waals surface area contributed by atoms with Gasteiger partial charge in [-0.05, 0) is 48.9 Å². The molecule has 2 aromatic carbocycles. The fourth-order valence-corrected chi connectivity index (χ4v) is 4.46. The molecular weight excluding hydrogens is 433 g/mol. The Kier molecular flexibility index (Phi) is 7.30. The van der Waals surface area contributed by atoms with Crippen LogP contribution < -0.4 is 14.9 Å². The van der Waals surface area contributed by atoms with Crippen LogP contribution in [0, 0.1) is 5.82 Å². The second-order valence-corrected chi connectivity index (χ2v) is 9.09. The van der Waals surface area contributed by atoms with Crippen LogP contribution in [0.1, 0.15) is 12.8 Å². The number of nitrogens with one attached hydrogen (secondary N) is 2. The number of carbonyl (C=O) groups is 1. The SMILES string of the molecule is COC1CCN(c2ccc(NC(=O)CCNS(=O)(=O)c3ccc(F)c(Cl)c3)cc2)C1. The van der Waals surface area contributed by atoms with Gasteiger partial charge in [0.2, 0.25) is 15.9 Å². The molecule has 1 unspecified atom stereocenters. The molecule has 0 aliphatic carbocycles. The van der Waals surface area contributed by atoms with Crippen molar-refractivity contribution in [2.24, 2.45) is 0 Å². The van der Waals surface area contributed by atoms with Crippen LogP contribution >= 0.6 is 11.6 Å². The number of amides is 1. The number of carbonyl (C=O) groups excluding carboxylic acids is 1. The lowest BCUT2D eigenvalue weighted by Gasteiger charge is -2.18. The summed E-state index contributed by atoms with van der Waals surface area (Å²) in [5, 5.41) is 2.45. The monoisotopic (exact) mass is 455 g/mol. The highest BCUT2D eigenvalue weighted by Crippen LogP contribution is 2.23. The zero-order valence-electron chi connectivity index (χ0n) is 16.4. The van der Waals surface area contributed by atoms with Gasteiger partial charge in [0, 0.05) is 44.5 Å². The summed E-state index contributed by atoms with van der Waals surface area (Å²) in [7, 11) is -2.18. The average molecular weight is 456 g/mol. The third-order valence-corrected chi connectivity index (χ3v) is 6.59. The summed E-state index contributed by atoms with van der Waals surface area (Å²) < 4.78 is 45.3. The van der Waals surface area contributed by atoms with Gasteiger partial charge in [-0.3, -0.25) is 4.79 Å². The van der Waals surface area contributed by atoms with Gasteiger partial charge in [-0.15, -0.1) is 0 Å². The van der Waals surface area contributed by atoms with Crippen molar-refractivity contribution in [2.45, 2.75) is 23.8 Å². The zero-order valence-corrected chi connectivity index (χ0v) is 18.0. The van der Waals surface area contributed by atoms with Crippen LogP contribution in [-0.4, -0.2) is 47.2 Å². The number of methoxy groups -OCH3 is 1. The molecule has 2 aromatic rings. The Labute approximate surface area is 180 Å². The number of rotatable bonds is 8. The second kappa shape index (κ2) is 9.74. The fraction of sp³-hybridized carbons (Fsp3) is 0.350. The summed E-state index contributed by atoms with van der Waals surface area (Å²) in [6.45, 7) is 1.65. The van der Waals surface area contributed by atoms with Gasteiger partial charge in [-0.25, -0.2) is 17.5 Å². The lowest BCUT2D eigenvalue weighted by atomic mass is 10.2. The predicted octanol–water partition coefficient (Wildman–Crippen LogP) is 3.01. The average Bonchev–Trinajstić information content (AvgIpc) is 3.19. The van der Waals surface area contributed by atoms with Crippen LogP contribution in [0.5, 0.6) is 0 Å². The van der Waals surface area contributed by atoms with Crippen molar-refractivity contribution >= 4 is 38.9 Å². The minimum atomic E-state index is -3.89. The maximum absolute atomic E-state index is 13.2. The molecule has 1 heterocycles. The summed E-state index contributed by atoms with van der Waals surface area (Å²) in [4.78, 5) is 14.2. The van der Waals surface area contributed by atoms with Crippen molar-refractivity contribution in [3.05, 3.63) is 53.3 Å². The van der Waals surface area contributed by atoms with Crippen LogP contribution in [0.25, 0.3) is 0 Å². The molecule has 1 atom stereocenters. The van der Waals surface area contributed by atoms with Gasteiger partial charge in [0.1, 0.15) is 5.82 Å². The summed E-state index contributed by atoms with van der Waals surface area (Å²) in [5.74, 6) is -1.03. The third kappa shape index (κ3) is 5.69. The Bertz CT molecular complexity index is 1000. The Morgan fingerprint density at radius 1 is 1.27 bits per heavy atom. The number of anilines is 2. The molecule has 10 heteroatoms. The van der Waals surface area contributed by atoms with Gasteiger partial charge in [-0.1, -0.05) is 11.6 Å². The normalized spacial score (nSPS) is 16.6. The molecule has 0 spiro atoms. The van der Waals surface area contributed by atoms with Crippen molar-refractivity contribution in [2.75, 3.05) is 37.0 Å². The van der Waals surface area contributed by atoms with E-state index < -0.39 is 15.8 Å². The van der Waals surface area contributed by atoms with E-state index >= 15 is 0 Å². The van der Waals surface area contributed by atoms with Gasteiger partial charge in [0.15, 0.2) is 0 Å². The quantitative estimate of drug-likeness (QED) is 0.639. The molecule has 1 amide bonds. The highest BCUT2D eigenvalue weighted by molar-refractivity contribution is 7.89. The van der Waals surface area contributed by atoms with E-state index in [1.54, 1.807) is 19.2 Å². The summed E-state index contributed by atoms with van der Waals surface area (Å²) in [5.41, 5.74) is 1.68. The minimum Gasteiger partial charge on any atom is -0.380 e. The van der Waals surface area contributed by atoms with E-state index in [1.165, 1.54) is 0 Å². The number of ether oxygens (including phenoxy) is 1. The highest BCUT2D eigenvalue weighted by Gasteiger charge is 2.22. The standard InChI is InChI=1S/C20H23ClFN3O4S/c1-29-16-9-11-25(13-16)15-4-2-14(3-5-15)24-20(26)8-10-23-30(27,28)17-6-7-19(22)18(21)12-17/h2-7,12,16,23H,8-11,13H2,1H3,(H,24,26). The maximum atomic E-state index is 13.2. The molecule has 1 aliphatic heterocycles. The first kappa shape index (κ1) is 22.5. The van der Waals surface area contributed by atoms with E-state index in [2.05, 4.69) is 14.9 Å². The van der Waals surface area contributed by atoms with Gasteiger partial charge in [0.05, 0.1) is 16.0 Å². The second-order valence-electron chi connectivity index (χ2n) is 6.91. The molecule has 30 heavy (non-hydrogen) atoms. The third-order valence-electron chi connectivity index (χ3n) is 4.84. The van der Waals surface area contributed by atoms with Crippen molar-refractivity contribution in [3.8, 4) is 0 Å². The minimum absolute atomic E-state index is 0.0580. The van der Waals surface area contributed by atoms with E-state index in [1.807, 2.05) is 12.1 Å². The molecule has 162 valence electrons. The van der Waals surface area contributed by atoms with Crippen LogP contribution in [0.3, 0.4) is 0 Å². The molecule has 0 saturated carbocycles. The lowest BCUT2D eigenvalue weighted by Crippen LogP contribution is -2.28. The zero-order chi connectivity index (χ0) is 21.7. The molecule has 3 rings (SSSR count). The van der Waals surface area contributed by atoms with Crippen molar-refractivity contribution in [1.82, 2.24) is 4.72 Å². The first-order valence-corrected chi connectivity index (χ1v) is 11.3. The summed E-state index contributed by atoms with van der Waals surface area (Å²) in [6, 6.07) is 10.6. The molecular formula is C20H23ClFN3O4S. The molecule has 2 N–H and O–H groups in total. The Morgan fingerprint density at radius 3 is 2.63 bits per heavy atom. The van der Waals surface area contributed by atoms with Crippen LogP contribution in [0.15, 0.2) is 47.4 Å². The Morgan fingerprint density at radius 2 is 2.00 bits per heavy atom. The van der Waals surface area contributed by atoms with Crippen LogP contribution in [0.2, 0.25) is 5.02 Å². The number of halogens is 2. The molecule has 1 aliphatic rings. The fourth-order valence-electron chi connectivity index (χ4n) is 3.16. The van der Waals surface area contributed by atoms with Gasteiger partial charge >= 0.3 is 0 Å². The van der Waals surface area contributed by atoms with E-state index in [0.717, 1.165) is 43.4 Å². The summed E-state index contributed by atoms with van der Waals surface area (Å²) >= 11 is 5.62. The highest BCUT2D eigenvalue weighted by atomic mass is 35.5. The van der Waals surface area contributed by atoms with Crippen LogP contribution in [-0.2, 0) is 19.6 Å². The van der Waals surface area contributed by atoms with E-state index in [-0.39, 0.29) is 34.9 Å². The number of nitrogens with zero attached hydrogens (tertiary/aromatic N) is 1. The van der Waals surface area contributed by atoms with Gasteiger partial charge < -0.3 is 15.0 Å². The van der Waals surface area contributed by atoms with E-state index in [4.69, 9.17) is 16.3 Å². The predicted molar refractivity (Wildman–Crippen MR) is 114 cm³/mol.